The van der Waals surface area contributed by atoms with Gasteiger partial charge in [-0.1, -0.05) is 12.1 Å². The smallest absolute Gasteiger partial charge is 0.0713 e. The predicted molar refractivity (Wildman–Crippen MR) is 66.6 cm³/mol. The lowest BCUT2D eigenvalue weighted by molar-refractivity contribution is 0.185. The van der Waals surface area contributed by atoms with Gasteiger partial charge in [-0.2, -0.15) is 0 Å². The molecule has 0 spiro atoms. The minimum absolute atomic E-state index is 0.319. The summed E-state index contributed by atoms with van der Waals surface area (Å²) in [6, 6.07) is 8.85. The average molecular weight is 220 g/mol. The van der Waals surface area contributed by atoms with Crippen LogP contribution in [0.4, 0.5) is 5.69 Å². The molecule has 2 rings (SSSR count). The summed E-state index contributed by atoms with van der Waals surface area (Å²) in [6.07, 6.45) is 2.34. The van der Waals surface area contributed by atoms with Gasteiger partial charge in [0, 0.05) is 31.9 Å². The molecule has 1 aliphatic rings. The molecule has 88 valence electrons. The van der Waals surface area contributed by atoms with Crippen LogP contribution < -0.4 is 10.6 Å². The average Bonchev–Trinajstić information content (AvgIpc) is 2.30. The maximum Gasteiger partial charge on any atom is 0.0713 e. The molecule has 1 atom stereocenters. The fourth-order valence-corrected chi connectivity index (χ4v) is 2.25. The largest absolute Gasteiger partial charge is 0.380 e. The summed E-state index contributed by atoms with van der Waals surface area (Å²) in [4.78, 5) is 2.37. The monoisotopic (exact) mass is 220 g/mol. The molecular weight excluding hydrogens is 200 g/mol. The lowest BCUT2D eigenvalue weighted by atomic mass is 10.1. The summed E-state index contributed by atoms with van der Waals surface area (Å²) in [5.41, 5.74) is 8.48. The van der Waals surface area contributed by atoms with Crippen LogP contribution in [0.5, 0.6) is 0 Å². The third kappa shape index (κ3) is 2.74. The van der Waals surface area contributed by atoms with Gasteiger partial charge in [0.1, 0.15) is 0 Å². The van der Waals surface area contributed by atoms with Crippen LogP contribution in [-0.4, -0.2) is 26.2 Å². The second-order valence-corrected chi connectivity index (χ2v) is 4.45. The molecule has 1 aliphatic heterocycles. The highest BCUT2D eigenvalue weighted by Gasteiger charge is 2.16. The number of piperidine rings is 1. The molecule has 1 unspecified atom stereocenters. The Morgan fingerprint density at radius 3 is 3.12 bits per heavy atom. The summed E-state index contributed by atoms with van der Waals surface area (Å²) in [5.74, 6) is 0. The molecule has 2 N–H and O–H groups in total. The van der Waals surface area contributed by atoms with Crippen molar-refractivity contribution in [3.05, 3.63) is 29.8 Å². The first-order chi connectivity index (χ1) is 7.79. The number of anilines is 1. The van der Waals surface area contributed by atoms with Crippen LogP contribution in [0.1, 0.15) is 18.4 Å². The number of methoxy groups -OCH3 is 1. The molecule has 0 aromatic heterocycles. The van der Waals surface area contributed by atoms with E-state index < -0.39 is 0 Å². The zero-order chi connectivity index (χ0) is 11.4. The van der Waals surface area contributed by atoms with E-state index in [1.807, 2.05) is 0 Å². The van der Waals surface area contributed by atoms with Gasteiger partial charge in [-0.3, -0.25) is 0 Å². The molecule has 1 saturated heterocycles. The van der Waals surface area contributed by atoms with Gasteiger partial charge in [-0.05, 0) is 30.5 Å². The SMILES string of the molecule is COCc1cccc(N2CCCC(N)C2)c1. The molecule has 1 aromatic rings. The topological polar surface area (TPSA) is 38.5 Å². The Hall–Kier alpha value is -1.06. The Morgan fingerprint density at radius 1 is 1.50 bits per heavy atom. The Balaban J connectivity index is 2.09. The number of nitrogens with two attached hydrogens (primary N) is 1. The van der Waals surface area contributed by atoms with Gasteiger partial charge in [-0.25, -0.2) is 0 Å². The van der Waals surface area contributed by atoms with Crippen LogP contribution in [0.25, 0.3) is 0 Å². The van der Waals surface area contributed by atoms with Crippen molar-refractivity contribution in [2.45, 2.75) is 25.5 Å². The summed E-state index contributed by atoms with van der Waals surface area (Å²) in [7, 11) is 1.73. The van der Waals surface area contributed by atoms with E-state index in [2.05, 4.69) is 29.2 Å². The van der Waals surface area contributed by atoms with Gasteiger partial charge >= 0.3 is 0 Å². The first-order valence-electron chi connectivity index (χ1n) is 5.88. The first-order valence-corrected chi connectivity index (χ1v) is 5.88. The Morgan fingerprint density at radius 2 is 2.38 bits per heavy atom. The first kappa shape index (κ1) is 11.4. The van der Waals surface area contributed by atoms with Crippen molar-refractivity contribution in [3.63, 3.8) is 0 Å². The van der Waals surface area contributed by atoms with Crippen LogP contribution >= 0.6 is 0 Å². The van der Waals surface area contributed by atoms with Gasteiger partial charge < -0.3 is 15.4 Å². The summed E-state index contributed by atoms with van der Waals surface area (Å²) in [5, 5.41) is 0. The third-order valence-electron chi connectivity index (χ3n) is 3.04. The highest BCUT2D eigenvalue weighted by atomic mass is 16.5. The van der Waals surface area contributed by atoms with Crippen molar-refractivity contribution in [1.82, 2.24) is 0 Å². The second-order valence-electron chi connectivity index (χ2n) is 4.45. The normalized spacial score (nSPS) is 21.1. The molecule has 3 nitrogen and oxygen atoms in total. The van der Waals surface area contributed by atoms with E-state index in [9.17, 15) is 0 Å². The molecule has 16 heavy (non-hydrogen) atoms. The van der Waals surface area contributed by atoms with E-state index in [1.165, 1.54) is 17.7 Å². The van der Waals surface area contributed by atoms with Crippen LogP contribution in [-0.2, 0) is 11.3 Å². The predicted octanol–water partition coefficient (Wildman–Crippen LogP) is 1.76. The van der Waals surface area contributed by atoms with E-state index >= 15 is 0 Å². The maximum absolute atomic E-state index is 5.99. The van der Waals surface area contributed by atoms with Crippen molar-refractivity contribution < 1.29 is 4.74 Å². The van der Waals surface area contributed by atoms with E-state index in [1.54, 1.807) is 7.11 Å². The fourth-order valence-electron chi connectivity index (χ4n) is 2.25. The summed E-state index contributed by atoms with van der Waals surface area (Å²) < 4.78 is 5.15. The minimum atomic E-state index is 0.319. The number of nitrogens with zero attached hydrogens (tertiary/aromatic N) is 1. The molecule has 1 aromatic carbocycles. The Kier molecular flexibility index (Phi) is 3.80. The van der Waals surface area contributed by atoms with Crippen LogP contribution in [0.2, 0.25) is 0 Å². The molecule has 1 fully saturated rings. The molecule has 3 heteroatoms. The minimum Gasteiger partial charge on any atom is -0.380 e. The van der Waals surface area contributed by atoms with Crippen molar-refractivity contribution in [3.8, 4) is 0 Å². The standard InChI is InChI=1S/C13H20N2O/c1-16-10-11-4-2-6-13(8-11)15-7-3-5-12(14)9-15/h2,4,6,8,12H,3,5,7,9-10,14H2,1H3. The van der Waals surface area contributed by atoms with Crippen LogP contribution in [0, 0.1) is 0 Å². The molecule has 0 amide bonds. The van der Waals surface area contributed by atoms with Crippen molar-refractivity contribution in [2.75, 3.05) is 25.1 Å². The fraction of sp³-hybridized carbons (Fsp3) is 0.538. The van der Waals surface area contributed by atoms with Gasteiger partial charge in [-0.15, -0.1) is 0 Å². The highest BCUT2D eigenvalue weighted by Crippen LogP contribution is 2.20. The van der Waals surface area contributed by atoms with Gasteiger partial charge in [0.05, 0.1) is 6.61 Å². The number of hydrogen-bond donors (Lipinski definition) is 1. The quantitative estimate of drug-likeness (QED) is 0.843. The highest BCUT2D eigenvalue weighted by molar-refractivity contribution is 5.49. The molecule has 0 radical (unpaired) electrons. The van der Waals surface area contributed by atoms with E-state index in [-0.39, 0.29) is 0 Å². The van der Waals surface area contributed by atoms with Crippen LogP contribution in [0.3, 0.4) is 0 Å². The molecular formula is C13H20N2O. The number of rotatable bonds is 3. The number of hydrogen-bond acceptors (Lipinski definition) is 3. The lowest BCUT2D eigenvalue weighted by Gasteiger charge is -2.32. The summed E-state index contributed by atoms with van der Waals surface area (Å²) in [6.45, 7) is 2.76. The zero-order valence-electron chi connectivity index (χ0n) is 9.86. The Labute approximate surface area is 97.2 Å². The lowest BCUT2D eigenvalue weighted by Crippen LogP contribution is -2.42. The second kappa shape index (κ2) is 5.32. The van der Waals surface area contributed by atoms with Gasteiger partial charge in [0.15, 0.2) is 0 Å². The number of ether oxygens (including phenoxy) is 1. The number of benzene rings is 1. The molecule has 0 bridgehead atoms. The van der Waals surface area contributed by atoms with Crippen molar-refractivity contribution in [2.24, 2.45) is 5.73 Å². The zero-order valence-corrected chi connectivity index (χ0v) is 9.86. The Bertz CT molecular complexity index is 340. The maximum atomic E-state index is 5.99. The van der Waals surface area contributed by atoms with Crippen molar-refractivity contribution in [1.29, 1.82) is 0 Å². The van der Waals surface area contributed by atoms with Crippen molar-refractivity contribution >= 4 is 5.69 Å². The van der Waals surface area contributed by atoms with E-state index in [0.29, 0.717) is 12.6 Å². The summed E-state index contributed by atoms with van der Waals surface area (Å²) >= 11 is 0. The van der Waals surface area contributed by atoms with Crippen LogP contribution in [0.15, 0.2) is 24.3 Å². The third-order valence-corrected chi connectivity index (χ3v) is 3.04. The molecule has 0 saturated carbocycles. The van der Waals surface area contributed by atoms with E-state index in [4.69, 9.17) is 10.5 Å². The molecule has 1 heterocycles. The van der Waals surface area contributed by atoms with E-state index in [0.717, 1.165) is 19.5 Å². The van der Waals surface area contributed by atoms with Gasteiger partial charge in [0.2, 0.25) is 0 Å². The molecule has 0 aliphatic carbocycles. The van der Waals surface area contributed by atoms with Gasteiger partial charge in [0.25, 0.3) is 0 Å².